The van der Waals surface area contributed by atoms with Crippen LogP contribution in [0.4, 0.5) is 5.69 Å². The second kappa shape index (κ2) is 6.59. The van der Waals surface area contributed by atoms with E-state index in [9.17, 15) is 0 Å². The molecule has 0 unspecified atom stereocenters. The third-order valence-corrected chi connectivity index (χ3v) is 1.87. The summed E-state index contributed by atoms with van der Waals surface area (Å²) in [5, 5.41) is 12.1. The number of nitrogens with zero attached hydrogens (tertiary/aromatic N) is 1. The Morgan fingerprint density at radius 1 is 1.50 bits per heavy atom. The first-order valence-corrected chi connectivity index (χ1v) is 4.74. The number of ether oxygens (including phenoxy) is 1. The average molecular weight is 217 g/mol. The fourth-order valence-electron chi connectivity index (χ4n) is 0.943. The molecule has 1 aromatic rings. The minimum atomic E-state index is 0.0516. The van der Waals surface area contributed by atoms with Crippen molar-refractivity contribution >= 4 is 17.3 Å². The van der Waals surface area contributed by atoms with Crippen molar-refractivity contribution in [3.63, 3.8) is 0 Å². The lowest BCUT2D eigenvalue weighted by molar-refractivity contribution is 0.0992. The summed E-state index contributed by atoms with van der Waals surface area (Å²) in [4.78, 5) is 3.87. The van der Waals surface area contributed by atoms with Gasteiger partial charge < -0.3 is 15.2 Å². The molecule has 0 spiro atoms. The van der Waals surface area contributed by atoms with Crippen LogP contribution in [0.1, 0.15) is 0 Å². The van der Waals surface area contributed by atoms with Gasteiger partial charge in [0.2, 0.25) is 0 Å². The Balaban J connectivity index is 2.21. The molecule has 0 aliphatic rings. The van der Waals surface area contributed by atoms with Gasteiger partial charge in [-0.15, -0.1) is 0 Å². The van der Waals surface area contributed by atoms with Crippen LogP contribution in [-0.2, 0) is 4.74 Å². The van der Waals surface area contributed by atoms with Crippen molar-refractivity contribution in [1.29, 1.82) is 0 Å². The summed E-state index contributed by atoms with van der Waals surface area (Å²) in [7, 11) is 0. The predicted octanol–water partition coefficient (Wildman–Crippen LogP) is 1.16. The van der Waals surface area contributed by atoms with Crippen molar-refractivity contribution in [2.45, 2.75) is 0 Å². The molecule has 0 aromatic carbocycles. The zero-order valence-electron chi connectivity index (χ0n) is 7.74. The molecule has 1 aromatic heterocycles. The number of aliphatic hydroxyl groups is 1. The Morgan fingerprint density at radius 2 is 2.36 bits per heavy atom. The van der Waals surface area contributed by atoms with Crippen molar-refractivity contribution in [2.75, 3.05) is 31.7 Å². The van der Waals surface area contributed by atoms with E-state index in [2.05, 4.69) is 10.3 Å². The van der Waals surface area contributed by atoms with Crippen LogP contribution in [0.3, 0.4) is 0 Å². The fourth-order valence-corrected chi connectivity index (χ4v) is 1.13. The van der Waals surface area contributed by atoms with E-state index in [-0.39, 0.29) is 6.61 Å². The molecule has 78 valence electrons. The van der Waals surface area contributed by atoms with Crippen molar-refractivity contribution in [1.82, 2.24) is 4.98 Å². The van der Waals surface area contributed by atoms with Gasteiger partial charge in [-0.25, -0.2) is 0 Å². The maximum Gasteiger partial charge on any atom is 0.0820 e. The van der Waals surface area contributed by atoms with Gasteiger partial charge in [-0.05, 0) is 6.07 Å². The minimum Gasteiger partial charge on any atom is -0.394 e. The normalized spacial score (nSPS) is 10.1. The number of pyridine rings is 1. The van der Waals surface area contributed by atoms with Gasteiger partial charge in [-0.3, -0.25) is 4.98 Å². The molecule has 0 aliphatic heterocycles. The molecule has 1 heterocycles. The minimum absolute atomic E-state index is 0.0516. The summed E-state index contributed by atoms with van der Waals surface area (Å²) in [6, 6.07) is 1.80. The van der Waals surface area contributed by atoms with Crippen LogP contribution in [0.25, 0.3) is 0 Å². The summed E-state index contributed by atoms with van der Waals surface area (Å²) in [6.07, 6.45) is 3.25. The number of hydrogen-bond acceptors (Lipinski definition) is 4. The van der Waals surface area contributed by atoms with E-state index in [1.807, 2.05) is 0 Å². The molecular formula is C9H13ClN2O2. The zero-order chi connectivity index (χ0) is 10.2. The van der Waals surface area contributed by atoms with Crippen LogP contribution in [0.2, 0.25) is 5.02 Å². The van der Waals surface area contributed by atoms with Crippen molar-refractivity contribution in [3.05, 3.63) is 23.5 Å². The maximum atomic E-state index is 8.45. The zero-order valence-corrected chi connectivity index (χ0v) is 8.50. The van der Waals surface area contributed by atoms with Gasteiger partial charge in [0.25, 0.3) is 0 Å². The van der Waals surface area contributed by atoms with Crippen LogP contribution >= 0.6 is 11.6 Å². The molecule has 5 heteroatoms. The van der Waals surface area contributed by atoms with Crippen LogP contribution in [-0.4, -0.2) is 36.5 Å². The Labute approximate surface area is 87.9 Å². The largest absolute Gasteiger partial charge is 0.394 e. The molecule has 4 nitrogen and oxygen atoms in total. The first kappa shape index (κ1) is 11.2. The highest BCUT2D eigenvalue weighted by atomic mass is 35.5. The van der Waals surface area contributed by atoms with Gasteiger partial charge in [0.1, 0.15) is 0 Å². The quantitative estimate of drug-likeness (QED) is 0.701. The van der Waals surface area contributed by atoms with Crippen molar-refractivity contribution < 1.29 is 9.84 Å². The van der Waals surface area contributed by atoms with Crippen LogP contribution < -0.4 is 5.32 Å². The molecular weight excluding hydrogens is 204 g/mol. The fraction of sp³-hybridized carbons (Fsp3) is 0.444. The number of aromatic nitrogens is 1. The lowest BCUT2D eigenvalue weighted by atomic mass is 10.4. The van der Waals surface area contributed by atoms with E-state index < -0.39 is 0 Å². The van der Waals surface area contributed by atoms with E-state index >= 15 is 0 Å². The van der Waals surface area contributed by atoms with Gasteiger partial charge in [0, 0.05) is 18.9 Å². The average Bonchev–Trinajstić information content (AvgIpc) is 2.20. The van der Waals surface area contributed by atoms with Crippen LogP contribution in [0.15, 0.2) is 18.5 Å². The Morgan fingerprint density at radius 3 is 3.07 bits per heavy atom. The maximum absolute atomic E-state index is 8.45. The van der Waals surface area contributed by atoms with Gasteiger partial charge in [0.05, 0.1) is 30.5 Å². The molecule has 0 aliphatic carbocycles. The topological polar surface area (TPSA) is 54.4 Å². The van der Waals surface area contributed by atoms with E-state index in [4.69, 9.17) is 21.4 Å². The first-order chi connectivity index (χ1) is 6.84. The third kappa shape index (κ3) is 3.91. The number of nitrogens with one attached hydrogen (secondary N) is 1. The van der Waals surface area contributed by atoms with Gasteiger partial charge in [-0.2, -0.15) is 0 Å². The van der Waals surface area contributed by atoms with Gasteiger partial charge >= 0.3 is 0 Å². The Kier molecular flexibility index (Phi) is 5.29. The van der Waals surface area contributed by atoms with Crippen molar-refractivity contribution in [2.24, 2.45) is 0 Å². The number of anilines is 1. The molecule has 0 bridgehead atoms. The second-order valence-corrected chi connectivity index (χ2v) is 3.03. The van der Waals surface area contributed by atoms with E-state index in [0.717, 1.165) is 5.69 Å². The van der Waals surface area contributed by atoms with Crippen molar-refractivity contribution in [3.8, 4) is 0 Å². The molecule has 0 atom stereocenters. The highest BCUT2D eigenvalue weighted by Gasteiger charge is 1.97. The lowest BCUT2D eigenvalue weighted by Gasteiger charge is -2.07. The van der Waals surface area contributed by atoms with E-state index in [1.165, 1.54) is 0 Å². The summed E-state index contributed by atoms with van der Waals surface area (Å²) >= 11 is 5.86. The number of rotatable bonds is 6. The number of halogens is 1. The molecule has 0 amide bonds. The lowest BCUT2D eigenvalue weighted by Crippen LogP contribution is -2.11. The monoisotopic (exact) mass is 216 g/mol. The highest BCUT2D eigenvalue weighted by Crippen LogP contribution is 2.18. The highest BCUT2D eigenvalue weighted by molar-refractivity contribution is 6.33. The molecule has 2 N–H and O–H groups in total. The standard InChI is InChI=1S/C9H13ClN2O2/c10-8-7-11-2-1-9(8)12-3-5-14-6-4-13/h1-2,7,13H,3-6H2,(H,11,12). The van der Waals surface area contributed by atoms with Crippen LogP contribution in [0.5, 0.6) is 0 Å². The molecule has 1 rings (SSSR count). The van der Waals surface area contributed by atoms with Crippen LogP contribution in [0, 0.1) is 0 Å². The summed E-state index contributed by atoms with van der Waals surface area (Å²) in [6.45, 7) is 1.62. The second-order valence-electron chi connectivity index (χ2n) is 2.62. The Hall–Kier alpha value is -0.840. The summed E-state index contributed by atoms with van der Waals surface area (Å²) < 4.78 is 5.07. The Bertz CT molecular complexity index is 271. The molecule has 14 heavy (non-hydrogen) atoms. The van der Waals surface area contributed by atoms with E-state index in [1.54, 1.807) is 18.5 Å². The SMILES string of the molecule is OCCOCCNc1ccncc1Cl. The molecule has 0 fully saturated rings. The molecule has 0 radical (unpaired) electrons. The smallest absolute Gasteiger partial charge is 0.0820 e. The number of aliphatic hydroxyl groups excluding tert-OH is 1. The summed E-state index contributed by atoms with van der Waals surface area (Å²) in [5.74, 6) is 0. The molecule has 0 saturated heterocycles. The summed E-state index contributed by atoms with van der Waals surface area (Å²) in [5.41, 5.74) is 0.842. The first-order valence-electron chi connectivity index (χ1n) is 4.36. The molecule has 0 saturated carbocycles. The van der Waals surface area contributed by atoms with E-state index in [0.29, 0.717) is 24.8 Å². The predicted molar refractivity (Wildman–Crippen MR) is 55.6 cm³/mol. The van der Waals surface area contributed by atoms with Gasteiger partial charge in [0.15, 0.2) is 0 Å². The van der Waals surface area contributed by atoms with Gasteiger partial charge in [-0.1, -0.05) is 11.6 Å². The third-order valence-electron chi connectivity index (χ3n) is 1.57. The number of hydrogen-bond donors (Lipinski definition) is 2.